The smallest absolute Gasteiger partial charge is 0.253 e. The molecule has 0 atom stereocenters. The van der Waals surface area contributed by atoms with Gasteiger partial charge in [0, 0.05) is 32.2 Å². The number of carbonyl (C=O) groups excluding carboxylic acids is 1. The van der Waals surface area contributed by atoms with Crippen LogP contribution in [0.1, 0.15) is 30.1 Å². The maximum Gasteiger partial charge on any atom is 0.253 e. The Morgan fingerprint density at radius 1 is 1.30 bits per heavy atom. The monoisotopic (exact) mass is 340 g/mol. The van der Waals surface area contributed by atoms with Crippen LogP contribution < -0.4 is 0 Å². The maximum atomic E-state index is 12.6. The third-order valence-corrected chi connectivity index (χ3v) is 5.78. The molecule has 0 aliphatic carbocycles. The lowest BCUT2D eigenvalue weighted by atomic mass is 10.2. The van der Waals surface area contributed by atoms with Gasteiger partial charge in [0.1, 0.15) is 0 Å². The number of nitrogens with zero attached hydrogens (tertiary/aromatic N) is 2. The Morgan fingerprint density at radius 3 is 2.65 bits per heavy atom. The summed E-state index contributed by atoms with van der Waals surface area (Å²) in [5.74, 6) is -0.155. The summed E-state index contributed by atoms with van der Waals surface area (Å²) in [5, 5.41) is 0. The minimum atomic E-state index is -3.58. The van der Waals surface area contributed by atoms with Crippen molar-refractivity contribution in [2.24, 2.45) is 0 Å². The number of amides is 1. The lowest BCUT2D eigenvalue weighted by Gasteiger charge is -2.26. The molecule has 0 bridgehead atoms. The van der Waals surface area contributed by atoms with E-state index in [1.165, 1.54) is 16.4 Å². The number of ether oxygens (including phenoxy) is 1. The molecule has 0 aromatic heterocycles. The van der Waals surface area contributed by atoms with Crippen LogP contribution in [0.5, 0.6) is 0 Å². The van der Waals surface area contributed by atoms with Gasteiger partial charge in [0.2, 0.25) is 10.0 Å². The molecular formula is C16H24N2O4S. The average molecular weight is 340 g/mol. The standard InChI is InChI=1S/C16H24N2O4S/c1-3-4-8-17(2)16(19)14-6-5-7-15(13-14)23(20,21)18-9-11-22-12-10-18/h5-7,13H,3-4,8-12H2,1-2H3. The van der Waals surface area contributed by atoms with E-state index < -0.39 is 10.0 Å². The van der Waals surface area contributed by atoms with Crippen LogP contribution in [0.15, 0.2) is 29.2 Å². The molecular weight excluding hydrogens is 316 g/mol. The van der Waals surface area contributed by atoms with E-state index in [0.29, 0.717) is 38.4 Å². The molecule has 1 fully saturated rings. The highest BCUT2D eigenvalue weighted by Gasteiger charge is 2.27. The molecule has 0 saturated carbocycles. The van der Waals surface area contributed by atoms with Gasteiger partial charge in [-0.25, -0.2) is 8.42 Å². The second-order valence-corrected chi connectivity index (χ2v) is 7.56. The highest BCUT2D eigenvalue weighted by atomic mass is 32.2. The molecule has 6 nitrogen and oxygen atoms in total. The van der Waals surface area contributed by atoms with Crippen LogP contribution in [0, 0.1) is 0 Å². The van der Waals surface area contributed by atoms with Crippen LogP contribution >= 0.6 is 0 Å². The zero-order chi connectivity index (χ0) is 16.9. The van der Waals surface area contributed by atoms with Gasteiger partial charge in [-0.1, -0.05) is 19.4 Å². The largest absolute Gasteiger partial charge is 0.379 e. The quantitative estimate of drug-likeness (QED) is 0.788. The third-order valence-electron chi connectivity index (χ3n) is 3.88. The van der Waals surface area contributed by atoms with Gasteiger partial charge in [-0.15, -0.1) is 0 Å². The zero-order valence-corrected chi connectivity index (χ0v) is 14.5. The number of sulfonamides is 1. The van der Waals surface area contributed by atoms with Crippen molar-refractivity contribution >= 4 is 15.9 Å². The Kier molecular flexibility index (Phi) is 6.15. The molecule has 1 aromatic rings. The second-order valence-electron chi connectivity index (χ2n) is 5.62. The van der Waals surface area contributed by atoms with E-state index in [1.807, 2.05) is 0 Å². The fraction of sp³-hybridized carbons (Fsp3) is 0.562. The first kappa shape index (κ1) is 17.9. The van der Waals surface area contributed by atoms with Crippen molar-refractivity contribution in [2.75, 3.05) is 39.9 Å². The molecule has 0 spiro atoms. The number of unbranched alkanes of at least 4 members (excludes halogenated alkanes) is 1. The van der Waals surface area contributed by atoms with E-state index in [9.17, 15) is 13.2 Å². The Hall–Kier alpha value is -1.44. The second kappa shape index (κ2) is 7.90. The highest BCUT2D eigenvalue weighted by molar-refractivity contribution is 7.89. The fourth-order valence-electron chi connectivity index (χ4n) is 2.44. The van der Waals surface area contributed by atoms with Crippen molar-refractivity contribution in [3.63, 3.8) is 0 Å². The first-order chi connectivity index (χ1) is 11.0. The first-order valence-electron chi connectivity index (χ1n) is 7.90. The molecule has 0 unspecified atom stereocenters. The maximum absolute atomic E-state index is 12.6. The van der Waals surface area contributed by atoms with Crippen molar-refractivity contribution in [1.82, 2.24) is 9.21 Å². The molecule has 0 N–H and O–H groups in total. The minimum absolute atomic E-state index is 0.155. The SMILES string of the molecule is CCCCN(C)C(=O)c1cccc(S(=O)(=O)N2CCOCC2)c1. The molecule has 128 valence electrons. The molecule has 23 heavy (non-hydrogen) atoms. The van der Waals surface area contributed by atoms with E-state index in [0.717, 1.165) is 12.8 Å². The number of carbonyl (C=O) groups is 1. The van der Waals surface area contributed by atoms with Crippen LogP contribution in [0.2, 0.25) is 0 Å². The lowest BCUT2D eigenvalue weighted by molar-refractivity contribution is 0.0730. The number of benzene rings is 1. The number of hydrogen-bond acceptors (Lipinski definition) is 4. The Bertz CT molecular complexity index is 639. The molecule has 1 saturated heterocycles. The Morgan fingerprint density at radius 2 is 2.00 bits per heavy atom. The van der Waals surface area contributed by atoms with Crippen molar-refractivity contribution in [3.05, 3.63) is 29.8 Å². The summed E-state index contributed by atoms with van der Waals surface area (Å²) in [6, 6.07) is 6.28. The van der Waals surface area contributed by atoms with E-state index >= 15 is 0 Å². The van der Waals surface area contributed by atoms with E-state index in [4.69, 9.17) is 4.74 Å². The van der Waals surface area contributed by atoms with Gasteiger partial charge in [0.15, 0.2) is 0 Å². The summed E-state index contributed by atoms with van der Waals surface area (Å²) in [6.45, 7) is 4.21. The van der Waals surface area contributed by atoms with Crippen LogP contribution in [0.25, 0.3) is 0 Å². The summed E-state index contributed by atoms with van der Waals surface area (Å²) in [5.41, 5.74) is 0.401. The topological polar surface area (TPSA) is 66.9 Å². The fourth-order valence-corrected chi connectivity index (χ4v) is 3.90. The molecule has 7 heteroatoms. The summed E-state index contributed by atoms with van der Waals surface area (Å²) in [6.07, 6.45) is 1.93. The summed E-state index contributed by atoms with van der Waals surface area (Å²) in [4.78, 5) is 14.2. The van der Waals surface area contributed by atoms with Crippen LogP contribution in [0.3, 0.4) is 0 Å². The lowest BCUT2D eigenvalue weighted by Crippen LogP contribution is -2.40. The van der Waals surface area contributed by atoms with E-state index in [2.05, 4.69) is 6.92 Å². The number of hydrogen-bond donors (Lipinski definition) is 0. The summed E-state index contributed by atoms with van der Waals surface area (Å²) >= 11 is 0. The normalized spacial score (nSPS) is 16.3. The molecule has 2 rings (SSSR count). The predicted octanol–water partition coefficient (Wildman–Crippen LogP) is 1.58. The van der Waals surface area contributed by atoms with Crippen molar-refractivity contribution in [3.8, 4) is 0 Å². The average Bonchev–Trinajstić information content (AvgIpc) is 2.59. The van der Waals surface area contributed by atoms with Crippen molar-refractivity contribution in [2.45, 2.75) is 24.7 Å². The van der Waals surface area contributed by atoms with Crippen LogP contribution in [0.4, 0.5) is 0 Å². The zero-order valence-electron chi connectivity index (χ0n) is 13.7. The van der Waals surface area contributed by atoms with Gasteiger partial charge in [0.05, 0.1) is 18.1 Å². The molecule has 1 amide bonds. The highest BCUT2D eigenvalue weighted by Crippen LogP contribution is 2.19. The van der Waals surface area contributed by atoms with E-state index in [-0.39, 0.29) is 10.8 Å². The summed E-state index contributed by atoms with van der Waals surface area (Å²) < 4.78 is 31.9. The number of morpholine rings is 1. The van der Waals surface area contributed by atoms with Gasteiger partial charge < -0.3 is 9.64 Å². The molecule has 1 aromatic carbocycles. The minimum Gasteiger partial charge on any atom is -0.379 e. The molecule has 0 radical (unpaired) electrons. The van der Waals surface area contributed by atoms with E-state index in [1.54, 1.807) is 24.1 Å². The molecule has 1 aliphatic rings. The van der Waals surface area contributed by atoms with Crippen molar-refractivity contribution in [1.29, 1.82) is 0 Å². The van der Waals surface area contributed by atoms with Gasteiger partial charge >= 0.3 is 0 Å². The van der Waals surface area contributed by atoms with Crippen LogP contribution in [-0.4, -0.2) is 63.4 Å². The third kappa shape index (κ3) is 4.31. The van der Waals surface area contributed by atoms with Gasteiger partial charge in [-0.05, 0) is 24.6 Å². The Labute approximate surface area is 138 Å². The van der Waals surface area contributed by atoms with Gasteiger partial charge in [-0.3, -0.25) is 4.79 Å². The molecule has 1 aliphatic heterocycles. The van der Waals surface area contributed by atoms with Crippen LogP contribution in [-0.2, 0) is 14.8 Å². The predicted molar refractivity (Wildman–Crippen MR) is 87.9 cm³/mol. The van der Waals surface area contributed by atoms with Gasteiger partial charge in [-0.2, -0.15) is 4.31 Å². The van der Waals surface area contributed by atoms with Crippen molar-refractivity contribution < 1.29 is 17.9 Å². The first-order valence-corrected chi connectivity index (χ1v) is 9.34. The Balaban J connectivity index is 2.20. The molecule has 1 heterocycles. The number of rotatable bonds is 6. The summed E-state index contributed by atoms with van der Waals surface area (Å²) in [7, 11) is -1.84. The van der Waals surface area contributed by atoms with Gasteiger partial charge in [0.25, 0.3) is 5.91 Å².